The molecule has 0 saturated carbocycles. The van der Waals surface area contributed by atoms with Crippen LogP contribution in [0.4, 0.5) is 10.1 Å². The lowest BCUT2D eigenvalue weighted by Gasteiger charge is -2.35. The largest absolute Gasteiger partial charge is 0.368 e. The molecule has 2 aromatic carbocycles. The quantitative estimate of drug-likeness (QED) is 0.551. The van der Waals surface area contributed by atoms with Gasteiger partial charge in [0.2, 0.25) is 0 Å². The predicted molar refractivity (Wildman–Crippen MR) is 114 cm³/mol. The van der Waals surface area contributed by atoms with Gasteiger partial charge in [-0.1, -0.05) is 35.5 Å². The Morgan fingerprint density at radius 2 is 1.68 bits per heavy atom. The number of aromatic nitrogens is 4. The van der Waals surface area contributed by atoms with Gasteiger partial charge in [-0.25, -0.2) is 8.91 Å². The van der Waals surface area contributed by atoms with Crippen molar-refractivity contribution < 1.29 is 9.18 Å². The average Bonchev–Trinajstić information content (AvgIpc) is 3.24. The molecule has 1 N–H and O–H groups in total. The summed E-state index contributed by atoms with van der Waals surface area (Å²) < 4.78 is 14.5. The molecule has 8 nitrogen and oxygen atoms in total. The number of H-pyrrole nitrogens is 1. The molecule has 31 heavy (non-hydrogen) atoms. The summed E-state index contributed by atoms with van der Waals surface area (Å²) in [5, 5.41) is 8.01. The number of nitrogens with zero attached hydrogens (tertiary/aromatic N) is 5. The van der Waals surface area contributed by atoms with Crippen LogP contribution in [0, 0.1) is 5.82 Å². The van der Waals surface area contributed by atoms with Crippen LogP contribution >= 0.6 is 0 Å². The predicted octanol–water partition coefficient (Wildman–Crippen LogP) is 2.19. The minimum absolute atomic E-state index is 0.0380. The second kappa shape index (κ2) is 7.67. The van der Waals surface area contributed by atoms with E-state index in [0.29, 0.717) is 31.9 Å². The molecule has 0 atom stereocenters. The highest BCUT2D eigenvalue weighted by Gasteiger charge is 2.27. The highest BCUT2D eigenvalue weighted by atomic mass is 19.1. The summed E-state index contributed by atoms with van der Waals surface area (Å²) in [6.07, 6.45) is 1.66. The Hall–Kier alpha value is -4.01. The zero-order valence-electron chi connectivity index (χ0n) is 16.5. The molecule has 0 bridgehead atoms. The van der Waals surface area contributed by atoms with Crippen molar-refractivity contribution in [3.63, 3.8) is 0 Å². The van der Waals surface area contributed by atoms with Crippen LogP contribution in [0.5, 0.6) is 0 Å². The standard InChI is InChI=1S/C22H19FN6O2/c23-16-6-8-17(9-7-16)27-10-12-28(13-11-27)22(31)19-20-21(30)24-18(14-29(20)26-25-19)15-4-2-1-3-5-15/h1-9,14H,10-13H2,(H,24,30). The SMILES string of the molecule is O=C(c1nnn2cc(-c3ccccc3)[nH]c(=O)c12)N1CCN(c2ccc(F)cc2)CC1. The normalized spacial score (nSPS) is 14.2. The molecule has 1 aliphatic rings. The van der Waals surface area contributed by atoms with E-state index in [1.807, 2.05) is 30.3 Å². The molecule has 0 spiro atoms. The number of anilines is 1. The van der Waals surface area contributed by atoms with E-state index in [1.54, 1.807) is 23.2 Å². The number of carbonyl (C=O) groups is 1. The van der Waals surface area contributed by atoms with E-state index < -0.39 is 5.56 Å². The molecule has 0 radical (unpaired) electrons. The summed E-state index contributed by atoms with van der Waals surface area (Å²) >= 11 is 0. The monoisotopic (exact) mass is 418 g/mol. The second-order valence-corrected chi connectivity index (χ2v) is 7.35. The average molecular weight is 418 g/mol. The van der Waals surface area contributed by atoms with Crippen LogP contribution in [0.25, 0.3) is 16.8 Å². The van der Waals surface area contributed by atoms with E-state index in [9.17, 15) is 14.0 Å². The van der Waals surface area contributed by atoms with Crippen molar-refractivity contribution in [1.82, 2.24) is 24.7 Å². The van der Waals surface area contributed by atoms with Crippen LogP contribution in [0.1, 0.15) is 10.5 Å². The summed E-state index contributed by atoms with van der Waals surface area (Å²) in [7, 11) is 0. The minimum Gasteiger partial charge on any atom is -0.368 e. The lowest BCUT2D eigenvalue weighted by molar-refractivity contribution is 0.0742. The van der Waals surface area contributed by atoms with Gasteiger partial charge in [-0.3, -0.25) is 9.59 Å². The highest BCUT2D eigenvalue weighted by molar-refractivity contribution is 5.98. The Kier molecular flexibility index (Phi) is 4.70. The number of aromatic amines is 1. The Balaban J connectivity index is 1.37. The van der Waals surface area contributed by atoms with E-state index in [-0.39, 0.29) is 22.9 Å². The van der Waals surface area contributed by atoms with Crippen LogP contribution in [0.15, 0.2) is 65.6 Å². The van der Waals surface area contributed by atoms with Gasteiger partial charge in [0.25, 0.3) is 11.5 Å². The van der Waals surface area contributed by atoms with Crippen molar-refractivity contribution in [3.8, 4) is 11.3 Å². The Morgan fingerprint density at radius 3 is 2.39 bits per heavy atom. The number of halogens is 1. The van der Waals surface area contributed by atoms with Crippen LogP contribution in [0.3, 0.4) is 0 Å². The van der Waals surface area contributed by atoms with Crippen LogP contribution < -0.4 is 10.5 Å². The molecule has 1 saturated heterocycles. The number of fused-ring (bicyclic) bond motifs is 1. The molecule has 3 heterocycles. The summed E-state index contributed by atoms with van der Waals surface area (Å²) in [5.41, 5.74) is 2.09. The number of rotatable bonds is 3. The van der Waals surface area contributed by atoms with E-state index in [1.165, 1.54) is 16.6 Å². The van der Waals surface area contributed by atoms with Crippen molar-refractivity contribution in [2.24, 2.45) is 0 Å². The smallest absolute Gasteiger partial charge is 0.277 e. The molecule has 2 aromatic heterocycles. The molecule has 1 fully saturated rings. The fourth-order valence-corrected chi connectivity index (χ4v) is 3.81. The molecule has 1 aliphatic heterocycles. The van der Waals surface area contributed by atoms with Crippen molar-refractivity contribution in [3.05, 3.63) is 82.7 Å². The van der Waals surface area contributed by atoms with Gasteiger partial charge in [0.15, 0.2) is 11.2 Å². The molecule has 156 valence electrons. The minimum atomic E-state index is -0.417. The first-order chi connectivity index (χ1) is 15.1. The van der Waals surface area contributed by atoms with Crippen molar-refractivity contribution >= 4 is 17.1 Å². The number of amides is 1. The lowest BCUT2D eigenvalue weighted by Crippen LogP contribution is -2.49. The molecular weight excluding hydrogens is 399 g/mol. The molecule has 0 aliphatic carbocycles. The molecule has 5 rings (SSSR count). The van der Waals surface area contributed by atoms with E-state index >= 15 is 0 Å². The number of carbonyl (C=O) groups excluding carboxylic acids is 1. The van der Waals surface area contributed by atoms with Crippen LogP contribution in [-0.2, 0) is 0 Å². The van der Waals surface area contributed by atoms with E-state index in [2.05, 4.69) is 20.2 Å². The lowest BCUT2D eigenvalue weighted by atomic mass is 10.1. The van der Waals surface area contributed by atoms with Gasteiger partial charge in [-0.15, -0.1) is 5.10 Å². The first-order valence-corrected chi connectivity index (χ1v) is 9.94. The Morgan fingerprint density at radius 1 is 0.968 bits per heavy atom. The number of hydrogen-bond donors (Lipinski definition) is 1. The highest BCUT2D eigenvalue weighted by Crippen LogP contribution is 2.19. The van der Waals surface area contributed by atoms with Gasteiger partial charge < -0.3 is 14.8 Å². The summed E-state index contributed by atoms with van der Waals surface area (Å²) in [4.78, 5) is 32.4. The zero-order valence-corrected chi connectivity index (χ0v) is 16.5. The maximum absolute atomic E-state index is 13.1. The Labute approximate surface area is 176 Å². The molecule has 0 unspecified atom stereocenters. The third-order valence-corrected chi connectivity index (χ3v) is 5.46. The number of nitrogens with one attached hydrogen (secondary N) is 1. The van der Waals surface area contributed by atoms with Gasteiger partial charge in [0.1, 0.15) is 5.82 Å². The van der Waals surface area contributed by atoms with E-state index in [4.69, 9.17) is 0 Å². The summed E-state index contributed by atoms with van der Waals surface area (Å²) in [6, 6.07) is 15.7. The molecule has 9 heteroatoms. The van der Waals surface area contributed by atoms with Crippen molar-refractivity contribution in [1.29, 1.82) is 0 Å². The molecule has 4 aromatic rings. The third-order valence-electron chi connectivity index (χ3n) is 5.46. The molecule has 1 amide bonds. The second-order valence-electron chi connectivity index (χ2n) is 7.35. The van der Waals surface area contributed by atoms with Crippen LogP contribution in [0.2, 0.25) is 0 Å². The van der Waals surface area contributed by atoms with Gasteiger partial charge in [-0.05, 0) is 29.8 Å². The first-order valence-electron chi connectivity index (χ1n) is 9.94. The van der Waals surface area contributed by atoms with Gasteiger partial charge in [-0.2, -0.15) is 0 Å². The number of hydrogen-bond acceptors (Lipinski definition) is 5. The van der Waals surface area contributed by atoms with E-state index in [0.717, 1.165) is 11.3 Å². The van der Waals surface area contributed by atoms with Crippen LogP contribution in [-0.4, -0.2) is 56.8 Å². The van der Waals surface area contributed by atoms with Crippen molar-refractivity contribution in [2.75, 3.05) is 31.1 Å². The number of benzene rings is 2. The van der Waals surface area contributed by atoms with Crippen molar-refractivity contribution in [2.45, 2.75) is 0 Å². The first kappa shape index (κ1) is 19.0. The zero-order chi connectivity index (χ0) is 21.4. The van der Waals surface area contributed by atoms with Gasteiger partial charge >= 0.3 is 0 Å². The number of piperazine rings is 1. The summed E-state index contributed by atoms with van der Waals surface area (Å²) in [6.45, 7) is 2.14. The fourth-order valence-electron chi connectivity index (χ4n) is 3.81. The maximum Gasteiger partial charge on any atom is 0.277 e. The fraction of sp³-hybridized carbons (Fsp3) is 0.182. The topological polar surface area (TPSA) is 86.6 Å². The molecular formula is C22H19FN6O2. The maximum atomic E-state index is 13.1. The van der Waals surface area contributed by atoms with Gasteiger partial charge in [0, 0.05) is 31.9 Å². The summed E-state index contributed by atoms with van der Waals surface area (Å²) in [5.74, 6) is -0.607. The third kappa shape index (κ3) is 3.54. The Bertz CT molecular complexity index is 1290. The van der Waals surface area contributed by atoms with Gasteiger partial charge in [0.05, 0.1) is 11.9 Å².